The molecule has 66 heavy (non-hydrogen) atoms. The Morgan fingerprint density at radius 1 is 0.818 bits per heavy atom. The Morgan fingerprint density at radius 3 is 2.38 bits per heavy atom. The van der Waals surface area contributed by atoms with Crippen LogP contribution in [-0.4, -0.2) is 55.5 Å². The molecule has 0 aliphatic rings. The number of carbonyl (C=O) groups is 2. The molecule has 0 aliphatic carbocycles. The zero-order chi connectivity index (χ0) is 46.4. The number of nitrogens with one attached hydrogen (secondary N) is 4. The Morgan fingerprint density at radius 2 is 1.61 bits per heavy atom. The molecule has 8 aromatic rings. The molecule has 0 spiro atoms. The first kappa shape index (κ1) is 44.7. The van der Waals surface area contributed by atoms with Gasteiger partial charge < -0.3 is 41.2 Å². The van der Waals surface area contributed by atoms with Gasteiger partial charge in [-0.25, -0.2) is 8.42 Å². The van der Waals surface area contributed by atoms with Crippen molar-refractivity contribution in [1.29, 1.82) is 0 Å². The van der Waals surface area contributed by atoms with Crippen LogP contribution in [0.2, 0.25) is 0 Å². The van der Waals surface area contributed by atoms with Crippen LogP contribution in [0.4, 0.5) is 17.1 Å². The predicted octanol–water partition coefficient (Wildman–Crippen LogP) is 7.77. The highest BCUT2D eigenvalue weighted by Crippen LogP contribution is 2.35. The average Bonchev–Trinajstić information content (AvgIpc) is 3.33. The number of methoxy groups -OCH3 is 1. The van der Waals surface area contributed by atoms with Crippen LogP contribution in [0.3, 0.4) is 0 Å². The standard InChI is InChI=1S/C51H46N6O8S/c1-31-24-39(27-42-47(31)54-28-43(50(52)60)48(42)55-36-11-7-12-37(26-36)64-2)66(62,63)38-13-6-10-34(25-38)51(61)56-35-16-14-32(15-17-35)22-23-53-29-44(58)40-18-20-45(49-41(40)19-21-46(59)57-49)65-30-33-8-4-3-5-9-33/h3-21,24-28,44,53,58H,22-23,29-30H2,1-2H3,(H2,52,60)(H,54,55)(H,56,61)(H,57,59)/t44-/m0/s1. The number of fused-ring (bicyclic) bond motifs is 2. The van der Waals surface area contributed by atoms with Gasteiger partial charge >= 0.3 is 0 Å². The third-order valence-electron chi connectivity index (χ3n) is 11.1. The van der Waals surface area contributed by atoms with Crippen LogP contribution >= 0.6 is 0 Å². The van der Waals surface area contributed by atoms with Crippen LogP contribution in [0.5, 0.6) is 11.5 Å². The number of aryl methyl sites for hydroxylation is 1. The normalized spacial score (nSPS) is 11.9. The molecule has 334 valence electrons. The lowest BCUT2D eigenvalue weighted by molar-refractivity contribution is 0.0998. The van der Waals surface area contributed by atoms with Gasteiger partial charge in [0.1, 0.15) is 18.1 Å². The molecule has 15 heteroatoms. The quantitative estimate of drug-likeness (QED) is 0.0486. The Bertz CT molecular complexity index is 3270. The molecule has 8 rings (SSSR count). The molecular weight excluding hydrogens is 857 g/mol. The number of H-pyrrole nitrogens is 1. The lowest BCUT2D eigenvalue weighted by Crippen LogP contribution is -2.24. The topological polar surface area (TPSA) is 215 Å². The number of aliphatic hydroxyl groups excluding tert-OH is 1. The van der Waals surface area contributed by atoms with Crippen LogP contribution in [0, 0.1) is 6.92 Å². The minimum Gasteiger partial charge on any atom is -0.497 e. The maximum absolute atomic E-state index is 14.2. The van der Waals surface area contributed by atoms with Crippen molar-refractivity contribution in [3.8, 4) is 11.5 Å². The number of sulfone groups is 1. The van der Waals surface area contributed by atoms with Gasteiger partial charge in [0.05, 0.1) is 45.3 Å². The predicted molar refractivity (Wildman–Crippen MR) is 254 cm³/mol. The summed E-state index contributed by atoms with van der Waals surface area (Å²) in [5.74, 6) is -0.173. The van der Waals surface area contributed by atoms with E-state index in [1.54, 1.807) is 61.5 Å². The first-order valence-electron chi connectivity index (χ1n) is 21.0. The molecule has 0 aliphatic heterocycles. The molecule has 2 heterocycles. The number of ether oxygens (including phenoxy) is 2. The number of amides is 2. The number of carbonyl (C=O) groups excluding carboxylic acids is 2. The fourth-order valence-corrected chi connectivity index (χ4v) is 9.06. The lowest BCUT2D eigenvalue weighted by atomic mass is 10.0. The number of nitrogens with two attached hydrogens (primary N) is 1. The maximum atomic E-state index is 14.2. The summed E-state index contributed by atoms with van der Waals surface area (Å²) in [4.78, 5) is 45.4. The minimum atomic E-state index is -4.19. The highest BCUT2D eigenvalue weighted by atomic mass is 32.2. The molecule has 0 radical (unpaired) electrons. The second kappa shape index (κ2) is 19.5. The molecular formula is C51H46N6O8S. The Balaban J connectivity index is 0.905. The number of aromatic amines is 1. The van der Waals surface area contributed by atoms with Crippen molar-refractivity contribution in [1.82, 2.24) is 15.3 Å². The molecule has 2 aromatic heterocycles. The number of anilines is 3. The maximum Gasteiger partial charge on any atom is 0.255 e. The number of hydrogen-bond donors (Lipinski definition) is 6. The molecule has 0 saturated carbocycles. The van der Waals surface area contributed by atoms with Crippen LogP contribution in [0.15, 0.2) is 160 Å². The lowest BCUT2D eigenvalue weighted by Gasteiger charge is -2.17. The number of aliphatic hydroxyl groups is 1. The number of rotatable bonds is 17. The highest BCUT2D eigenvalue weighted by molar-refractivity contribution is 7.91. The first-order valence-corrected chi connectivity index (χ1v) is 22.5. The van der Waals surface area contributed by atoms with Gasteiger partial charge in [-0.15, -0.1) is 0 Å². The van der Waals surface area contributed by atoms with E-state index in [0.29, 0.717) is 75.4 Å². The smallest absolute Gasteiger partial charge is 0.255 e. The highest BCUT2D eigenvalue weighted by Gasteiger charge is 2.24. The summed E-state index contributed by atoms with van der Waals surface area (Å²) < 4.78 is 39.8. The third-order valence-corrected chi connectivity index (χ3v) is 12.8. The van der Waals surface area contributed by atoms with Crippen LogP contribution < -0.4 is 36.7 Å². The van der Waals surface area contributed by atoms with E-state index in [0.717, 1.165) is 11.1 Å². The summed E-state index contributed by atoms with van der Waals surface area (Å²) in [5.41, 5.74) is 11.2. The van der Waals surface area contributed by atoms with E-state index >= 15 is 0 Å². The molecule has 0 bridgehead atoms. The minimum absolute atomic E-state index is 0.0632. The van der Waals surface area contributed by atoms with Gasteiger partial charge in [0.15, 0.2) is 0 Å². The number of pyridine rings is 2. The SMILES string of the molecule is COc1cccc(Nc2c(C(N)=O)cnc3c(C)cc(S(=O)(=O)c4cccc(C(=O)Nc5ccc(CCNC[C@H](O)c6ccc(OCc7ccccc7)c7[nH]c(=O)ccc67)cc5)c4)cc23)c1. The van der Waals surface area contributed by atoms with E-state index in [4.69, 9.17) is 15.2 Å². The molecule has 0 fully saturated rings. The van der Waals surface area contributed by atoms with Gasteiger partial charge in [0, 0.05) is 52.6 Å². The number of benzene rings is 6. The summed E-state index contributed by atoms with van der Waals surface area (Å²) in [5, 5.41) is 21.6. The number of aromatic nitrogens is 2. The van der Waals surface area contributed by atoms with Crippen molar-refractivity contribution in [2.75, 3.05) is 30.8 Å². The van der Waals surface area contributed by atoms with Crippen molar-refractivity contribution >= 4 is 60.5 Å². The van der Waals surface area contributed by atoms with Crippen molar-refractivity contribution < 1.29 is 32.6 Å². The molecule has 0 unspecified atom stereocenters. The number of nitrogens with zero attached hydrogens (tertiary/aromatic N) is 1. The Hall–Kier alpha value is -7.85. The molecule has 7 N–H and O–H groups in total. The molecule has 2 amide bonds. The Kier molecular flexibility index (Phi) is 13.2. The van der Waals surface area contributed by atoms with Gasteiger partial charge in [-0.3, -0.25) is 19.4 Å². The number of primary amides is 1. The van der Waals surface area contributed by atoms with Gasteiger partial charge in [0.2, 0.25) is 15.4 Å². The number of hydrogen-bond acceptors (Lipinski definition) is 11. The van der Waals surface area contributed by atoms with Crippen LogP contribution in [0.25, 0.3) is 21.8 Å². The summed E-state index contributed by atoms with van der Waals surface area (Å²) in [7, 11) is -2.66. The van der Waals surface area contributed by atoms with E-state index in [1.807, 2.05) is 42.5 Å². The van der Waals surface area contributed by atoms with Crippen LogP contribution in [-0.2, 0) is 22.9 Å². The zero-order valence-electron chi connectivity index (χ0n) is 36.0. The van der Waals surface area contributed by atoms with Gasteiger partial charge in [-0.05, 0) is 109 Å². The monoisotopic (exact) mass is 902 g/mol. The van der Waals surface area contributed by atoms with E-state index in [2.05, 4.69) is 25.9 Å². The van der Waals surface area contributed by atoms with Crippen molar-refractivity contribution in [2.45, 2.75) is 35.8 Å². The Labute approximate surface area is 380 Å². The molecule has 14 nitrogen and oxygen atoms in total. The second-order valence-corrected chi connectivity index (χ2v) is 17.5. The van der Waals surface area contributed by atoms with E-state index < -0.39 is 27.8 Å². The second-order valence-electron chi connectivity index (χ2n) is 15.6. The fourth-order valence-electron chi connectivity index (χ4n) is 7.64. The molecule has 6 aromatic carbocycles. The fraction of sp³-hybridized carbons (Fsp3) is 0.137. The van der Waals surface area contributed by atoms with Crippen molar-refractivity contribution in [3.05, 3.63) is 189 Å². The van der Waals surface area contributed by atoms with Crippen molar-refractivity contribution in [3.63, 3.8) is 0 Å². The zero-order valence-corrected chi connectivity index (χ0v) is 36.8. The van der Waals surface area contributed by atoms with E-state index in [9.17, 15) is 27.9 Å². The summed E-state index contributed by atoms with van der Waals surface area (Å²) in [6.07, 6.45) is 1.13. The largest absolute Gasteiger partial charge is 0.497 e. The first-order chi connectivity index (χ1) is 31.9. The van der Waals surface area contributed by atoms with Crippen LogP contribution in [0.1, 0.15) is 49.1 Å². The average molecular weight is 903 g/mol. The van der Waals surface area contributed by atoms with E-state index in [-0.39, 0.29) is 38.7 Å². The van der Waals surface area contributed by atoms with Gasteiger partial charge in [-0.2, -0.15) is 0 Å². The summed E-state index contributed by atoms with van der Waals surface area (Å²) in [6, 6.07) is 39.4. The van der Waals surface area contributed by atoms with Crippen molar-refractivity contribution in [2.24, 2.45) is 5.73 Å². The molecule has 0 saturated heterocycles. The third kappa shape index (κ3) is 9.93. The van der Waals surface area contributed by atoms with Gasteiger partial charge in [0.25, 0.3) is 11.8 Å². The summed E-state index contributed by atoms with van der Waals surface area (Å²) in [6.45, 7) is 2.86. The van der Waals surface area contributed by atoms with E-state index in [1.165, 1.54) is 55.8 Å². The van der Waals surface area contributed by atoms with Gasteiger partial charge in [-0.1, -0.05) is 60.7 Å². The molecule has 1 atom stereocenters. The summed E-state index contributed by atoms with van der Waals surface area (Å²) >= 11 is 0.